The van der Waals surface area contributed by atoms with Crippen molar-refractivity contribution in [1.82, 2.24) is 14.9 Å². The van der Waals surface area contributed by atoms with E-state index in [1.54, 1.807) is 0 Å². The van der Waals surface area contributed by atoms with Crippen LogP contribution >= 0.6 is 0 Å². The van der Waals surface area contributed by atoms with E-state index >= 15 is 0 Å². The molecule has 1 N–H and O–H groups in total. The molecule has 2 amide bonds. The summed E-state index contributed by atoms with van der Waals surface area (Å²) in [4.78, 5) is 26.7. The Labute approximate surface area is 183 Å². The number of rotatable bonds is 4. The van der Waals surface area contributed by atoms with Crippen LogP contribution in [0.2, 0.25) is 0 Å². The first-order chi connectivity index (χ1) is 15.0. The minimum atomic E-state index is -0.0881. The molecule has 0 unspecified atom stereocenters. The van der Waals surface area contributed by atoms with Crippen LogP contribution in [0.15, 0.2) is 48.5 Å². The minimum Gasteiger partial charge on any atom is -0.360 e. The smallest absolute Gasteiger partial charge is 0.322 e. The molecular formula is C25H29N5O. The van der Waals surface area contributed by atoms with E-state index in [1.807, 2.05) is 61.3 Å². The predicted octanol–water partition coefficient (Wildman–Crippen LogP) is 4.81. The lowest BCUT2D eigenvalue weighted by Gasteiger charge is -2.32. The number of nitrogens with one attached hydrogen (secondary N) is 1. The molecule has 4 rings (SSSR count). The number of anilines is 2. The van der Waals surface area contributed by atoms with Gasteiger partial charge in [0.1, 0.15) is 5.82 Å². The van der Waals surface area contributed by atoms with Crippen molar-refractivity contribution in [3.05, 3.63) is 70.9 Å². The van der Waals surface area contributed by atoms with Crippen LogP contribution in [0.5, 0.6) is 0 Å². The van der Waals surface area contributed by atoms with Gasteiger partial charge in [0.25, 0.3) is 0 Å². The first kappa shape index (κ1) is 20.8. The minimum absolute atomic E-state index is 0.0881. The van der Waals surface area contributed by atoms with Gasteiger partial charge in [-0.15, -0.1) is 0 Å². The standard InChI is InChI=1S/C25H29N5O/c1-5-29(4)24-20-16-30(25(31)27-21-12-11-17(2)15-18(21)3)14-13-22(20)26-23(28-24)19-9-7-6-8-10-19/h6-12,15H,5,13-14,16H2,1-4H3,(H,27,31). The molecule has 0 radical (unpaired) electrons. The largest absolute Gasteiger partial charge is 0.360 e. The summed E-state index contributed by atoms with van der Waals surface area (Å²) in [7, 11) is 2.03. The second-order valence-corrected chi connectivity index (χ2v) is 8.10. The molecule has 2 heterocycles. The van der Waals surface area contributed by atoms with Crippen LogP contribution in [-0.2, 0) is 13.0 Å². The van der Waals surface area contributed by atoms with Gasteiger partial charge in [-0.2, -0.15) is 0 Å². The molecule has 0 saturated carbocycles. The van der Waals surface area contributed by atoms with Crippen molar-refractivity contribution in [2.24, 2.45) is 0 Å². The zero-order valence-corrected chi connectivity index (χ0v) is 18.6. The van der Waals surface area contributed by atoms with Gasteiger partial charge < -0.3 is 15.1 Å². The van der Waals surface area contributed by atoms with E-state index in [-0.39, 0.29) is 6.03 Å². The predicted molar refractivity (Wildman–Crippen MR) is 125 cm³/mol. The summed E-state index contributed by atoms with van der Waals surface area (Å²) in [6.45, 7) is 8.12. The van der Waals surface area contributed by atoms with Crippen LogP contribution in [0.4, 0.5) is 16.3 Å². The van der Waals surface area contributed by atoms with Gasteiger partial charge in [0.2, 0.25) is 0 Å². The van der Waals surface area contributed by atoms with E-state index < -0.39 is 0 Å². The fraction of sp³-hybridized carbons (Fsp3) is 0.320. The summed E-state index contributed by atoms with van der Waals surface area (Å²) in [5.41, 5.74) is 6.16. The maximum absolute atomic E-state index is 13.0. The van der Waals surface area contributed by atoms with E-state index in [0.717, 1.165) is 46.3 Å². The molecule has 1 aliphatic heterocycles. The molecule has 0 fully saturated rings. The van der Waals surface area contributed by atoms with E-state index in [2.05, 4.69) is 30.1 Å². The fourth-order valence-corrected chi connectivity index (χ4v) is 3.90. The topological polar surface area (TPSA) is 61.4 Å². The van der Waals surface area contributed by atoms with Crippen LogP contribution in [0, 0.1) is 13.8 Å². The molecular weight excluding hydrogens is 386 g/mol. The number of hydrogen-bond donors (Lipinski definition) is 1. The van der Waals surface area contributed by atoms with Crippen molar-refractivity contribution in [3.63, 3.8) is 0 Å². The Morgan fingerprint density at radius 1 is 1.13 bits per heavy atom. The normalized spacial score (nSPS) is 13.0. The van der Waals surface area contributed by atoms with Crippen molar-refractivity contribution in [3.8, 4) is 11.4 Å². The maximum Gasteiger partial charge on any atom is 0.322 e. The highest BCUT2D eigenvalue weighted by Crippen LogP contribution is 2.29. The average Bonchev–Trinajstić information content (AvgIpc) is 2.79. The fourth-order valence-electron chi connectivity index (χ4n) is 3.90. The number of nitrogens with zero attached hydrogens (tertiary/aromatic N) is 4. The van der Waals surface area contributed by atoms with E-state index in [1.165, 1.54) is 5.56 Å². The highest BCUT2D eigenvalue weighted by atomic mass is 16.2. The lowest BCUT2D eigenvalue weighted by Crippen LogP contribution is -2.40. The summed E-state index contributed by atoms with van der Waals surface area (Å²) >= 11 is 0. The number of fused-ring (bicyclic) bond motifs is 1. The first-order valence-corrected chi connectivity index (χ1v) is 10.8. The Morgan fingerprint density at radius 2 is 1.90 bits per heavy atom. The van der Waals surface area contributed by atoms with Gasteiger partial charge in [0.15, 0.2) is 5.82 Å². The third-order valence-electron chi connectivity index (χ3n) is 5.82. The van der Waals surface area contributed by atoms with Crippen molar-refractivity contribution >= 4 is 17.5 Å². The van der Waals surface area contributed by atoms with E-state index in [9.17, 15) is 4.79 Å². The number of carbonyl (C=O) groups is 1. The van der Waals surface area contributed by atoms with E-state index in [4.69, 9.17) is 9.97 Å². The monoisotopic (exact) mass is 415 g/mol. The van der Waals surface area contributed by atoms with Gasteiger partial charge in [0, 0.05) is 43.4 Å². The molecule has 0 atom stereocenters. The van der Waals surface area contributed by atoms with Crippen molar-refractivity contribution in [2.75, 3.05) is 30.4 Å². The zero-order chi connectivity index (χ0) is 22.0. The number of urea groups is 1. The molecule has 160 valence electrons. The average molecular weight is 416 g/mol. The summed E-state index contributed by atoms with van der Waals surface area (Å²) in [6.07, 6.45) is 0.711. The Hall–Kier alpha value is -3.41. The zero-order valence-electron chi connectivity index (χ0n) is 18.6. The molecule has 2 aromatic carbocycles. The quantitative estimate of drug-likeness (QED) is 0.664. The lowest BCUT2D eigenvalue weighted by molar-refractivity contribution is 0.206. The molecule has 6 heteroatoms. The molecule has 1 aromatic heterocycles. The van der Waals surface area contributed by atoms with Crippen molar-refractivity contribution in [1.29, 1.82) is 0 Å². The second-order valence-electron chi connectivity index (χ2n) is 8.10. The first-order valence-electron chi connectivity index (χ1n) is 10.8. The molecule has 0 bridgehead atoms. The van der Waals surface area contributed by atoms with Gasteiger partial charge in [0.05, 0.1) is 12.2 Å². The van der Waals surface area contributed by atoms with Gasteiger partial charge in [-0.05, 0) is 32.4 Å². The van der Waals surface area contributed by atoms with Crippen LogP contribution in [0.3, 0.4) is 0 Å². The number of aryl methyl sites for hydroxylation is 2. The van der Waals surface area contributed by atoms with Crippen LogP contribution in [0.1, 0.15) is 29.3 Å². The highest BCUT2D eigenvalue weighted by Gasteiger charge is 2.27. The van der Waals surface area contributed by atoms with Crippen molar-refractivity contribution < 1.29 is 4.79 Å². The number of hydrogen-bond acceptors (Lipinski definition) is 4. The van der Waals surface area contributed by atoms with Crippen molar-refractivity contribution in [2.45, 2.75) is 33.7 Å². The SMILES string of the molecule is CCN(C)c1nc(-c2ccccc2)nc2c1CN(C(=O)Nc1ccc(C)cc1C)CC2. The molecule has 31 heavy (non-hydrogen) atoms. The molecule has 0 spiro atoms. The van der Waals surface area contributed by atoms with E-state index in [0.29, 0.717) is 19.5 Å². The number of amides is 2. The Kier molecular flexibility index (Phi) is 5.89. The second kappa shape index (κ2) is 8.76. The summed E-state index contributed by atoms with van der Waals surface area (Å²) < 4.78 is 0. The summed E-state index contributed by atoms with van der Waals surface area (Å²) in [6, 6.07) is 16.0. The Bertz CT molecular complexity index is 1100. The molecule has 6 nitrogen and oxygen atoms in total. The maximum atomic E-state index is 13.0. The highest BCUT2D eigenvalue weighted by molar-refractivity contribution is 5.90. The van der Waals surface area contributed by atoms with Crippen LogP contribution in [0.25, 0.3) is 11.4 Å². The molecule has 1 aliphatic rings. The molecule has 3 aromatic rings. The summed E-state index contributed by atoms with van der Waals surface area (Å²) in [5, 5.41) is 3.07. The van der Waals surface area contributed by atoms with Crippen LogP contribution in [-0.4, -0.2) is 41.0 Å². The third kappa shape index (κ3) is 4.38. The third-order valence-corrected chi connectivity index (χ3v) is 5.82. The number of benzene rings is 2. The van der Waals surface area contributed by atoms with Gasteiger partial charge in [-0.25, -0.2) is 14.8 Å². The van der Waals surface area contributed by atoms with Gasteiger partial charge in [-0.1, -0.05) is 48.0 Å². The number of aromatic nitrogens is 2. The lowest BCUT2D eigenvalue weighted by atomic mass is 10.0. The van der Waals surface area contributed by atoms with Crippen LogP contribution < -0.4 is 10.2 Å². The van der Waals surface area contributed by atoms with Gasteiger partial charge >= 0.3 is 6.03 Å². The summed E-state index contributed by atoms with van der Waals surface area (Å²) in [5.74, 6) is 1.64. The number of carbonyl (C=O) groups excluding carboxylic acids is 1. The molecule has 0 saturated heterocycles. The van der Waals surface area contributed by atoms with Gasteiger partial charge in [-0.3, -0.25) is 0 Å². The Morgan fingerprint density at radius 3 is 2.61 bits per heavy atom. The molecule has 0 aliphatic carbocycles. The Balaban J connectivity index is 1.62.